The molecular weight excluding hydrogens is 340 g/mol. The van der Waals surface area contributed by atoms with Crippen molar-refractivity contribution in [1.82, 2.24) is 0 Å². The Bertz CT molecular complexity index is 495. The Balaban J connectivity index is 2.14. The van der Waals surface area contributed by atoms with Crippen LogP contribution in [0.5, 0.6) is 0 Å². The minimum atomic E-state index is 1.09. The highest BCUT2D eigenvalue weighted by atomic mass is 79.9. The highest BCUT2D eigenvalue weighted by molar-refractivity contribution is 9.10. The molecule has 0 bridgehead atoms. The van der Waals surface area contributed by atoms with Crippen LogP contribution >= 0.6 is 31.9 Å². The Labute approximate surface area is 118 Å². The van der Waals surface area contributed by atoms with E-state index in [1.807, 2.05) is 60.7 Å². The van der Waals surface area contributed by atoms with Crippen molar-refractivity contribution in [2.24, 2.45) is 0 Å². The van der Waals surface area contributed by atoms with Gasteiger partial charge in [-0.05, 0) is 47.5 Å². The first kappa shape index (κ1) is 12.4. The fourth-order valence-electron chi connectivity index (χ4n) is 1.35. The Morgan fingerprint density at radius 1 is 0.647 bits per heavy atom. The highest BCUT2D eigenvalue weighted by Gasteiger charge is 1.87. The normalized spacial score (nSPS) is 9.53. The topological polar surface area (TPSA) is 0 Å². The fourth-order valence-corrected chi connectivity index (χ4v) is 1.88. The van der Waals surface area contributed by atoms with Crippen LogP contribution in [0.4, 0.5) is 0 Å². The maximum atomic E-state index is 3.41. The second-order valence-corrected chi connectivity index (χ2v) is 5.39. The monoisotopic (exact) mass is 348 g/mol. The lowest BCUT2D eigenvalue weighted by Crippen LogP contribution is -1.70. The van der Waals surface area contributed by atoms with Gasteiger partial charge >= 0.3 is 0 Å². The zero-order valence-corrected chi connectivity index (χ0v) is 12.2. The van der Waals surface area contributed by atoms with Gasteiger partial charge in [-0.3, -0.25) is 0 Å². The average molecular weight is 350 g/mol. The van der Waals surface area contributed by atoms with Gasteiger partial charge in [-0.2, -0.15) is 0 Å². The van der Waals surface area contributed by atoms with Crippen molar-refractivity contribution in [2.45, 2.75) is 0 Å². The molecule has 0 spiro atoms. The van der Waals surface area contributed by atoms with E-state index in [1.54, 1.807) is 0 Å². The van der Waals surface area contributed by atoms with Crippen LogP contribution in [0.3, 0.4) is 0 Å². The highest BCUT2D eigenvalue weighted by Crippen LogP contribution is 2.13. The summed E-state index contributed by atoms with van der Waals surface area (Å²) in [5.41, 5.74) is 5.46. The number of benzene rings is 2. The predicted molar refractivity (Wildman–Crippen MR) is 80.7 cm³/mol. The molecular formula is C15H10Br2. The molecule has 2 heteroatoms. The van der Waals surface area contributed by atoms with E-state index in [-0.39, 0.29) is 0 Å². The van der Waals surface area contributed by atoms with Crippen LogP contribution in [0.25, 0.3) is 12.2 Å². The van der Waals surface area contributed by atoms with Gasteiger partial charge in [0.2, 0.25) is 0 Å². The van der Waals surface area contributed by atoms with E-state index in [9.17, 15) is 0 Å². The third-order valence-corrected chi connectivity index (χ3v) is 3.30. The molecule has 0 heterocycles. The Kier molecular flexibility index (Phi) is 4.38. The molecule has 0 saturated carbocycles. The molecule has 2 rings (SSSR count). The van der Waals surface area contributed by atoms with E-state index in [4.69, 9.17) is 0 Å². The Morgan fingerprint density at radius 3 is 1.35 bits per heavy atom. The number of halogens is 2. The number of hydrogen-bond donors (Lipinski definition) is 0. The van der Waals surface area contributed by atoms with Crippen molar-refractivity contribution in [3.8, 4) is 0 Å². The number of rotatable bonds is 2. The van der Waals surface area contributed by atoms with Crippen LogP contribution in [-0.4, -0.2) is 0 Å². The molecule has 2 aromatic carbocycles. The molecule has 0 aliphatic rings. The predicted octanol–water partition coefficient (Wildman–Crippen LogP) is 5.54. The summed E-state index contributed by atoms with van der Waals surface area (Å²) < 4.78 is 2.18. The van der Waals surface area contributed by atoms with Gasteiger partial charge in [-0.25, -0.2) is 0 Å². The summed E-state index contributed by atoms with van der Waals surface area (Å²) in [4.78, 5) is 0. The lowest BCUT2D eigenvalue weighted by atomic mass is 10.2. The summed E-state index contributed by atoms with van der Waals surface area (Å²) in [7, 11) is 0. The second-order valence-electron chi connectivity index (χ2n) is 3.56. The second kappa shape index (κ2) is 6.02. The zero-order chi connectivity index (χ0) is 12.1. The zero-order valence-electron chi connectivity index (χ0n) is 9.03. The number of hydrogen-bond acceptors (Lipinski definition) is 0. The van der Waals surface area contributed by atoms with Crippen LogP contribution in [0.1, 0.15) is 11.1 Å². The molecule has 0 saturated heterocycles. The first-order valence-corrected chi connectivity index (χ1v) is 6.76. The molecule has 0 aromatic heterocycles. The van der Waals surface area contributed by atoms with E-state index in [0.717, 1.165) is 20.1 Å². The maximum Gasteiger partial charge on any atom is 0.0175 e. The van der Waals surface area contributed by atoms with E-state index in [1.165, 1.54) is 0 Å². The van der Waals surface area contributed by atoms with E-state index >= 15 is 0 Å². The fraction of sp³-hybridized carbons (Fsp3) is 0. The summed E-state index contributed by atoms with van der Waals surface area (Å²) in [6.07, 6.45) is 3.93. The SMILES string of the molecule is Brc1ccc(C=C=Cc2ccc(Br)cc2)cc1. The minimum absolute atomic E-state index is 1.09. The maximum absolute atomic E-state index is 3.41. The van der Waals surface area contributed by atoms with Crippen molar-refractivity contribution in [3.05, 3.63) is 74.3 Å². The minimum Gasteiger partial charge on any atom is -0.120 e. The van der Waals surface area contributed by atoms with Gasteiger partial charge < -0.3 is 0 Å². The molecule has 0 aliphatic heterocycles. The molecule has 0 unspecified atom stereocenters. The summed E-state index contributed by atoms with van der Waals surface area (Å²) in [5.74, 6) is 0. The van der Waals surface area contributed by atoms with Gasteiger partial charge in [-0.15, -0.1) is 5.73 Å². The third-order valence-electron chi connectivity index (χ3n) is 2.24. The molecule has 0 fully saturated rings. The van der Waals surface area contributed by atoms with Gasteiger partial charge in [0.1, 0.15) is 0 Å². The molecule has 0 aliphatic carbocycles. The summed E-state index contributed by atoms with van der Waals surface area (Å²) >= 11 is 6.82. The van der Waals surface area contributed by atoms with Crippen molar-refractivity contribution in [2.75, 3.05) is 0 Å². The standard InChI is InChI=1S/C15H10Br2/c16-14-8-4-12(5-9-14)2-1-3-13-6-10-15(17)11-7-13/h2-11H. The molecule has 0 N–H and O–H groups in total. The van der Waals surface area contributed by atoms with E-state index < -0.39 is 0 Å². The lowest BCUT2D eigenvalue weighted by Gasteiger charge is -1.92. The van der Waals surface area contributed by atoms with Crippen LogP contribution < -0.4 is 0 Å². The average Bonchev–Trinajstić information content (AvgIpc) is 2.34. The van der Waals surface area contributed by atoms with Crippen LogP contribution in [0.2, 0.25) is 0 Å². The third kappa shape index (κ3) is 4.01. The summed E-state index contributed by atoms with van der Waals surface area (Å²) in [6, 6.07) is 16.3. The quantitative estimate of drug-likeness (QED) is 0.624. The Hall–Kier alpha value is -1.08. The molecule has 0 amide bonds. The van der Waals surface area contributed by atoms with Gasteiger partial charge in [0.25, 0.3) is 0 Å². The molecule has 2 aromatic rings. The van der Waals surface area contributed by atoms with E-state index in [2.05, 4.69) is 37.6 Å². The van der Waals surface area contributed by atoms with Gasteiger partial charge in [0.15, 0.2) is 0 Å². The first-order valence-electron chi connectivity index (χ1n) is 5.18. The molecule has 84 valence electrons. The van der Waals surface area contributed by atoms with Gasteiger partial charge in [0, 0.05) is 8.95 Å². The van der Waals surface area contributed by atoms with Gasteiger partial charge in [0.05, 0.1) is 0 Å². The van der Waals surface area contributed by atoms with Crippen molar-refractivity contribution < 1.29 is 0 Å². The van der Waals surface area contributed by atoms with Crippen LogP contribution in [0, 0.1) is 0 Å². The Morgan fingerprint density at radius 2 is 1.00 bits per heavy atom. The van der Waals surface area contributed by atoms with Crippen molar-refractivity contribution in [1.29, 1.82) is 0 Å². The summed E-state index contributed by atoms with van der Waals surface area (Å²) in [5, 5.41) is 0. The lowest BCUT2D eigenvalue weighted by molar-refractivity contribution is 1.61. The largest absolute Gasteiger partial charge is 0.120 e. The molecule has 17 heavy (non-hydrogen) atoms. The molecule has 0 atom stereocenters. The molecule has 0 radical (unpaired) electrons. The van der Waals surface area contributed by atoms with Crippen LogP contribution in [-0.2, 0) is 0 Å². The smallest absolute Gasteiger partial charge is 0.0175 e. The first-order chi connectivity index (χ1) is 8.24. The van der Waals surface area contributed by atoms with Crippen molar-refractivity contribution >= 4 is 44.0 Å². The van der Waals surface area contributed by atoms with Crippen molar-refractivity contribution in [3.63, 3.8) is 0 Å². The summed E-state index contributed by atoms with van der Waals surface area (Å²) in [6.45, 7) is 0. The van der Waals surface area contributed by atoms with Crippen LogP contribution in [0.15, 0.2) is 63.2 Å². The van der Waals surface area contributed by atoms with Gasteiger partial charge in [-0.1, -0.05) is 56.1 Å². The molecule has 0 nitrogen and oxygen atoms in total. The van der Waals surface area contributed by atoms with E-state index in [0.29, 0.717) is 0 Å².